The molecule has 7 atom stereocenters. The quantitative estimate of drug-likeness (QED) is 0.698. The number of hydrogen-bond acceptors (Lipinski definition) is 3. The molecule has 0 bridgehead atoms. The fraction of sp³-hybridized carbons (Fsp3) is 0.909. The maximum atomic E-state index is 12.2. The zero-order valence-electron chi connectivity index (χ0n) is 16.9. The minimum atomic E-state index is -0.145. The molecule has 0 N–H and O–H groups in total. The summed E-state index contributed by atoms with van der Waals surface area (Å²) in [6.07, 6.45) is 9.26. The van der Waals surface area contributed by atoms with Gasteiger partial charge < -0.3 is 9.64 Å². The third-order valence-corrected chi connectivity index (χ3v) is 9.24. The van der Waals surface area contributed by atoms with E-state index >= 15 is 0 Å². The van der Waals surface area contributed by atoms with Crippen molar-refractivity contribution in [3.05, 3.63) is 0 Å². The van der Waals surface area contributed by atoms with E-state index in [2.05, 4.69) is 18.7 Å². The van der Waals surface area contributed by atoms with Crippen LogP contribution in [0.4, 0.5) is 0 Å². The van der Waals surface area contributed by atoms with Crippen molar-refractivity contribution in [2.45, 2.75) is 78.2 Å². The number of piperidine rings is 1. The first-order chi connectivity index (χ1) is 12.3. The van der Waals surface area contributed by atoms with Crippen LogP contribution in [0.1, 0.15) is 72.1 Å². The number of fused-ring (bicyclic) bond motifs is 5. The van der Waals surface area contributed by atoms with Crippen LogP contribution < -0.4 is 0 Å². The Bertz CT molecular complexity index is 604. The summed E-state index contributed by atoms with van der Waals surface area (Å²) in [6.45, 7) is 7.08. The monoisotopic (exact) mass is 361 g/mol. The number of likely N-dealkylation sites (tertiary alicyclic amines) is 1. The standard InChI is InChI=1S/C22H35NO3/c1-14(24)26-13-15-5-7-17-16-6-8-19-22(3,12-10-20(25)23(19)4)18(16)9-11-21(15,17)2/h15-19H,5-13H2,1-4H3/t15?,16-,17-,18+,19?,21+,22+/m0/s1. The lowest BCUT2D eigenvalue weighted by molar-refractivity contribution is -0.160. The van der Waals surface area contributed by atoms with E-state index in [1.807, 2.05) is 7.05 Å². The van der Waals surface area contributed by atoms with Gasteiger partial charge in [0.15, 0.2) is 0 Å². The summed E-state index contributed by atoms with van der Waals surface area (Å²) in [6, 6.07) is 0.438. The van der Waals surface area contributed by atoms with Crippen molar-refractivity contribution in [2.24, 2.45) is 34.5 Å². The van der Waals surface area contributed by atoms with E-state index < -0.39 is 0 Å². The fourth-order valence-electron chi connectivity index (χ4n) is 7.75. The minimum Gasteiger partial charge on any atom is -0.466 e. The molecular weight excluding hydrogens is 326 g/mol. The topological polar surface area (TPSA) is 46.6 Å². The summed E-state index contributed by atoms with van der Waals surface area (Å²) >= 11 is 0. The van der Waals surface area contributed by atoms with Gasteiger partial charge in [-0.25, -0.2) is 0 Å². The zero-order valence-corrected chi connectivity index (χ0v) is 16.9. The van der Waals surface area contributed by atoms with Gasteiger partial charge in [0, 0.05) is 26.4 Å². The maximum Gasteiger partial charge on any atom is 0.302 e. The molecule has 4 heteroatoms. The van der Waals surface area contributed by atoms with Gasteiger partial charge in [0.25, 0.3) is 0 Å². The van der Waals surface area contributed by atoms with Gasteiger partial charge in [-0.3, -0.25) is 9.59 Å². The third-order valence-electron chi connectivity index (χ3n) is 9.24. The lowest BCUT2D eigenvalue weighted by Gasteiger charge is -2.61. The number of amides is 1. The van der Waals surface area contributed by atoms with Crippen LogP contribution in [0.2, 0.25) is 0 Å². The molecule has 4 rings (SSSR count). The van der Waals surface area contributed by atoms with Crippen molar-refractivity contribution in [3.63, 3.8) is 0 Å². The van der Waals surface area contributed by atoms with Gasteiger partial charge in [-0.15, -0.1) is 0 Å². The van der Waals surface area contributed by atoms with Gasteiger partial charge in [0.1, 0.15) is 0 Å². The average Bonchev–Trinajstić information content (AvgIpc) is 2.93. The molecule has 146 valence electrons. The maximum absolute atomic E-state index is 12.2. The van der Waals surface area contributed by atoms with Gasteiger partial charge >= 0.3 is 5.97 Å². The average molecular weight is 362 g/mol. The largest absolute Gasteiger partial charge is 0.466 e. The molecule has 1 heterocycles. The highest BCUT2D eigenvalue weighted by atomic mass is 16.5. The predicted octanol–water partition coefficient (Wildman–Crippen LogP) is 4.03. The Kier molecular flexibility index (Phi) is 4.39. The first-order valence-electron chi connectivity index (χ1n) is 10.7. The molecule has 1 saturated heterocycles. The molecule has 4 aliphatic rings. The van der Waals surface area contributed by atoms with Crippen LogP contribution in [0.5, 0.6) is 0 Å². The summed E-state index contributed by atoms with van der Waals surface area (Å²) in [5, 5.41) is 0. The normalized spacial score (nSPS) is 47.8. The second-order valence-electron chi connectivity index (χ2n) is 10.1. The molecule has 26 heavy (non-hydrogen) atoms. The van der Waals surface area contributed by atoms with E-state index in [4.69, 9.17) is 4.74 Å². The summed E-state index contributed by atoms with van der Waals surface area (Å²) in [7, 11) is 2.03. The molecule has 0 aromatic carbocycles. The molecule has 0 aromatic rings. The zero-order chi connectivity index (χ0) is 18.7. The second kappa shape index (κ2) is 6.24. The van der Waals surface area contributed by atoms with Crippen molar-refractivity contribution in [2.75, 3.05) is 13.7 Å². The smallest absolute Gasteiger partial charge is 0.302 e. The first kappa shape index (κ1) is 18.3. The van der Waals surface area contributed by atoms with Gasteiger partial charge in [-0.05, 0) is 79.4 Å². The number of carbonyl (C=O) groups is 2. The van der Waals surface area contributed by atoms with Gasteiger partial charge in [-0.1, -0.05) is 13.8 Å². The lowest BCUT2D eigenvalue weighted by atomic mass is 9.47. The molecule has 0 radical (unpaired) electrons. The number of hydrogen-bond donors (Lipinski definition) is 0. The lowest BCUT2D eigenvalue weighted by Crippen LogP contribution is -2.61. The van der Waals surface area contributed by atoms with Crippen LogP contribution in [0, 0.1) is 34.5 Å². The van der Waals surface area contributed by atoms with Crippen molar-refractivity contribution in [1.82, 2.24) is 4.90 Å². The van der Waals surface area contributed by atoms with E-state index in [0.29, 0.717) is 35.3 Å². The van der Waals surface area contributed by atoms with E-state index in [1.165, 1.54) is 45.4 Å². The predicted molar refractivity (Wildman–Crippen MR) is 100 cm³/mol. The van der Waals surface area contributed by atoms with E-state index in [9.17, 15) is 9.59 Å². The van der Waals surface area contributed by atoms with E-state index in [-0.39, 0.29) is 5.97 Å². The van der Waals surface area contributed by atoms with Crippen LogP contribution in [0.25, 0.3) is 0 Å². The Balaban J connectivity index is 1.55. The molecule has 4 fully saturated rings. The molecule has 1 aliphatic heterocycles. The highest BCUT2D eigenvalue weighted by Gasteiger charge is 2.61. The Morgan fingerprint density at radius 2 is 1.81 bits per heavy atom. The van der Waals surface area contributed by atoms with Crippen molar-refractivity contribution < 1.29 is 14.3 Å². The Morgan fingerprint density at radius 3 is 2.54 bits per heavy atom. The van der Waals surface area contributed by atoms with E-state index in [1.54, 1.807) is 0 Å². The summed E-state index contributed by atoms with van der Waals surface area (Å²) in [5.41, 5.74) is 0.622. The molecule has 0 aromatic heterocycles. The molecule has 3 aliphatic carbocycles. The van der Waals surface area contributed by atoms with Crippen LogP contribution in [-0.4, -0.2) is 36.5 Å². The number of ether oxygens (including phenoxy) is 1. The first-order valence-corrected chi connectivity index (χ1v) is 10.7. The molecule has 2 unspecified atom stereocenters. The van der Waals surface area contributed by atoms with E-state index in [0.717, 1.165) is 30.6 Å². The Hall–Kier alpha value is -1.06. The Labute approximate surface area is 158 Å². The molecular formula is C22H35NO3. The van der Waals surface area contributed by atoms with Crippen LogP contribution in [0.15, 0.2) is 0 Å². The highest BCUT2D eigenvalue weighted by molar-refractivity contribution is 5.77. The van der Waals surface area contributed by atoms with Gasteiger partial charge in [-0.2, -0.15) is 0 Å². The van der Waals surface area contributed by atoms with Crippen LogP contribution >= 0.6 is 0 Å². The molecule has 4 nitrogen and oxygen atoms in total. The summed E-state index contributed by atoms with van der Waals surface area (Å²) in [5.74, 6) is 3.03. The highest BCUT2D eigenvalue weighted by Crippen LogP contribution is 2.66. The SMILES string of the molecule is CC(=O)OCC1CC[C@H]2[C@@H]3CCC4N(C)C(=O)CC[C@]4(C)[C@@H]3CC[C@]12C. The fourth-order valence-corrected chi connectivity index (χ4v) is 7.75. The molecule has 0 spiro atoms. The molecule has 3 saturated carbocycles. The number of rotatable bonds is 2. The number of carbonyl (C=O) groups excluding carboxylic acids is 2. The van der Waals surface area contributed by atoms with Gasteiger partial charge in [0.2, 0.25) is 5.91 Å². The van der Waals surface area contributed by atoms with Gasteiger partial charge in [0.05, 0.1) is 6.61 Å². The van der Waals surface area contributed by atoms with Crippen molar-refractivity contribution >= 4 is 11.9 Å². The minimum absolute atomic E-state index is 0.145. The van der Waals surface area contributed by atoms with Crippen LogP contribution in [0.3, 0.4) is 0 Å². The number of esters is 1. The third kappa shape index (κ3) is 2.54. The Morgan fingerprint density at radius 1 is 1.08 bits per heavy atom. The van der Waals surface area contributed by atoms with Crippen LogP contribution in [-0.2, 0) is 14.3 Å². The van der Waals surface area contributed by atoms with Crippen molar-refractivity contribution in [3.8, 4) is 0 Å². The summed E-state index contributed by atoms with van der Waals surface area (Å²) < 4.78 is 5.42. The molecule has 1 amide bonds. The summed E-state index contributed by atoms with van der Waals surface area (Å²) in [4.78, 5) is 25.6. The van der Waals surface area contributed by atoms with Crippen molar-refractivity contribution in [1.29, 1.82) is 0 Å². The second-order valence-corrected chi connectivity index (χ2v) is 10.1. The number of nitrogens with zero attached hydrogens (tertiary/aromatic N) is 1.